The highest BCUT2D eigenvalue weighted by Crippen LogP contribution is 2.21. The molecule has 32 heavy (non-hydrogen) atoms. The van der Waals surface area contributed by atoms with Gasteiger partial charge in [-0.3, -0.25) is 14.4 Å². The fraction of sp³-hybridized carbons (Fsp3) is 0.864. The number of nitrogens with one attached hydrogen (secondary N) is 3. The molecule has 0 radical (unpaired) electrons. The normalized spacial score (nSPS) is 18.9. The van der Waals surface area contributed by atoms with Gasteiger partial charge in [0.1, 0.15) is 16.8 Å². The summed E-state index contributed by atoms with van der Waals surface area (Å²) in [5.41, 5.74) is -4.98. The molecular weight excluding hydrogens is 430 g/mol. The third-order valence-corrected chi connectivity index (χ3v) is 8.29. The van der Waals surface area contributed by atoms with E-state index in [2.05, 4.69) is 14.9 Å². The molecule has 0 aromatic heterocycles. The lowest BCUT2D eigenvalue weighted by atomic mass is 9.94. The number of amides is 3. The van der Waals surface area contributed by atoms with Gasteiger partial charge >= 0.3 is 8.56 Å². The molecule has 0 spiro atoms. The molecule has 3 atom stereocenters. The Kier molecular flexibility index (Phi) is 12.1. The van der Waals surface area contributed by atoms with Gasteiger partial charge in [-0.2, -0.15) is 0 Å². The van der Waals surface area contributed by atoms with Crippen LogP contribution in [0.15, 0.2) is 0 Å². The molecule has 0 aromatic rings. The Hall–Kier alpha value is -1.49. The average molecular weight is 476 g/mol. The molecular formula is C22H45N3O6Si. The van der Waals surface area contributed by atoms with Crippen LogP contribution in [0.5, 0.6) is 0 Å². The van der Waals surface area contributed by atoms with Crippen molar-refractivity contribution in [1.82, 2.24) is 14.9 Å². The molecule has 0 saturated carbocycles. The second-order valence-electron chi connectivity index (χ2n) is 8.89. The fourth-order valence-corrected chi connectivity index (χ4v) is 5.97. The topological polar surface area (TPSA) is 148 Å². The lowest BCUT2D eigenvalue weighted by Crippen LogP contribution is -2.78. The Morgan fingerprint density at radius 3 is 0.969 bits per heavy atom. The van der Waals surface area contributed by atoms with E-state index in [1.54, 1.807) is 20.8 Å². The van der Waals surface area contributed by atoms with Crippen LogP contribution < -0.4 is 14.9 Å². The van der Waals surface area contributed by atoms with E-state index in [0.29, 0.717) is 19.3 Å². The van der Waals surface area contributed by atoms with Crippen molar-refractivity contribution in [2.24, 2.45) is 0 Å². The Morgan fingerprint density at radius 2 is 0.812 bits per heavy atom. The summed E-state index contributed by atoms with van der Waals surface area (Å²) >= 11 is 0. The standard InChI is InChI=1S/C22H45N3O6Si/c1-8-14-20(29,11-4)17(26)23-32(7,24-18(27)21(30,12-5)15-9-2)25-19(28)22(31,13-6)16-10-3/h29-31H,8-16H2,1-7H3,(H,23,26)(H,24,27)(H,25,28). The maximum absolute atomic E-state index is 13.0. The maximum atomic E-state index is 13.0. The number of carbonyl (C=O) groups excluding carboxylic acids is 3. The van der Waals surface area contributed by atoms with E-state index in [9.17, 15) is 29.7 Å². The van der Waals surface area contributed by atoms with Crippen LogP contribution >= 0.6 is 0 Å². The SMILES string of the molecule is CCCC(O)(CC)C(=O)N[Si](C)(NC(=O)C(O)(CC)CCC)NC(=O)C(O)(CC)CCC. The van der Waals surface area contributed by atoms with Gasteiger partial charge in [-0.1, -0.05) is 60.8 Å². The molecule has 0 aliphatic carbocycles. The van der Waals surface area contributed by atoms with Gasteiger partial charge in [0.2, 0.25) is 17.7 Å². The van der Waals surface area contributed by atoms with Crippen LogP contribution in [-0.2, 0) is 14.4 Å². The number of carbonyl (C=O) groups is 3. The van der Waals surface area contributed by atoms with Crippen LogP contribution in [-0.4, -0.2) is 58.4 Å². The molecule has 10 heteroatoms. The minimum absolute atomic E-state index is 0.155. The van der Waals surface area contributed by atoms with Gasteiger partial charge in [-0.15, -0.1) is 0 Å². The highest BCUT2D eigenvalue weighted by atomic mass is 28.4. The highest BCUT2D eigenvalue weighted by molar-refractivity contribution is 6.78. The van der Waals surface area contributed by atoms with Crippen LogP contribution in [0.2, 0.25) is 6.55 Å². The molecule has 0 fully saturated rings. The summed E-state index contributed by atoms with van der Waals surface area (Å²) in [5, 5.41) is 32.4. The number of aliphatic hydroxyl groups is 3. The van der Waals surface area contributed by atoms with E-state index in [4.69, 9.17) is 0 Å². The first-order valence-corrected chi connectivity index (χ1v) is 14.4. The number of hydrogen-bond donors (Lipinski definition) is 6. The van der Waals surface area contributed by atoms with Crippen molar-refractivity contribution in [1.29, 1.82) is 0 Å². The Morgan fingerprint density at radius 1 is 0.594 bits per heavy atom. The molecule has 0 saturated heterocycles. The van der Waals surface area contributed by atoms with Gasteiger partial charge in [0, 0.05) is 0 Å². The van der Waals surface area contributed by atoms with Crippen LogP contribution in [0.4, 0.5) is 0 Å². The molecule has 188 valence electrons. The molecule has 0 aliphatic rings. The summed E-state index contributed by atoms with van der Waals surface area (Å²) in [6, 6.07) is 0. The lowest BCUT2D eigenvalue weighted by molar-refractivity contribution is -0.141. The van der Waals surface area contributed by atoms with Gasteiger partial charge in [-0.05, 0) is 45.1 Å². The van der Waals surface area contributed by atoms with Crippen LogP contribution in [0.25, 0.3) is 0 Å². The molecule has 6 N–H and O–H groups in total. The van der Waals surface area contributed by atoms with Gasteiger partial charge in [0.05, 0.1) is 0 Å². The Labute approximate surface area is 194 Å². The van der Waals surface area contributed by atoms with Gasteiger partial charge in [0.25, 0.3) is 0 Å². The van der Waals surface area contributed by atoms with Crippen molar-refractivity contribution in [3.8, 4) is 0 Å². The molecule has 0 aliphatic heterocycles. The molecule has 0 rings (SSSR count). The quantitative estimate of drug-likeness (QED) is 0.199. The molecule has 3 unspecified atom stereocenters. The molecule has 3 amide bonds. The monoisotopic (exact) mass is 475 g/mol. The average Bonchev–Trinajstić information content (AvgIpc) is 2.73. The molecule has 9 nitrogen and oxygen atoms in total. The van der Waals surface area contributed by atoms with E-state index < -0.39 is 43.1 Å². The highest BCUT2D eigenvalue weighted by Gasteiger charge is 2.47. The van der Waals surface area contributed by atoms with Crippen molar-refractivity contribution < 1.29 is 29.7 Å². The summed E-state index contributed by atoms with van der Waals surface area (Å²) in [4.78, 5) is 47.0. The van der Waals surface area contributed by atoms with Gasteiger partial charge in [-0.25, -0.2) is 0 Å². The van der Waals surface area contributed by atoms with Crippen molar-refractivity contribution in [2.45, 2.75) is 123 Å². The maximum Gasteiger partial charge on any atom is 0.375 e. The summed E-state index contributed by atoms with van der Waals surface area (Å²) in [7, 11) is -3.68. The predicted octanol–water partition coefficient (Wildman–Crippen LogP) is 1.73. The third-order valence-electron chi connectivity index (χ3n) is 6.10. The Balaban J connectivity index is 6.08. The van der Waals surface area contributed by atoms with Crippen molar-refractivity contribution >= 4 is 26.3 Å². The van der Waals surface area contributed by atoms with Crippen LogP contribution in [0.3, 0.4) is 0 Å². The second kappa shape index (κ2) is 12.7. The first-order valence-electron chi connectivity index (χ1n) is 11.9. The minimum atomic E-state index is -3.68. The van der Waals surface area contributed by atoms with E-state index >= 15 is 0 Å². The van der Waals surface area contributed by atoms with Gasteiger partial charge in [0.15, 0.2) is 0 Å². The van der Waals surface area contributed by atoms with Gasteiger partial charge < -0.3 is 30.3 Å². The van der Waals surface area contributed by atoms with E-state index in [1.165, 1.54) is 6.55 Å². The summed E-state index contributed by atoms with van der Waals surface area (Å²) in [6.45, 7) is 12.1. The smallest absolute Gasteiger partial charge is 0.375 e. The summed E-state index contributed by atoms with van der Waals surface area (Å²) in [6.07, 6.45) is 2.79. The fourth-order valence-electron chi connectivity index (χ4n) is 3.72. The van der Waals surface area contributed by atoms with Crippen molar-refractivity contribution in [2.75, 3.05) is 0 Å². The third kappa shape index (κ3) is 7.82. The van der Waals surface area contributed by atoms with E-state index in [0.717, 1.165) is 0 Å². The van der Waals surface area contributed by atoms with Crippen LogP contribution in [0.1, 0.15) is 99.3 Å². The van der Waals surface area contributed by atoms with Crippen molar-refractivity contribution in [3.63, 3.8) is 0 Å². The molecule has 0 aromatic carbocycles. The summed E-state index contributed by atoms with van der Waals surface area (Å²) < 4.78 is 0. The summed E-state index contributed by atoms with van der Waals surface area (Å²) in [5.74, 6) is -2.12. The molecule has 0 heterocycles. The lowest BCUT2D eigenvalue weighted by Gasteiger charge is -2.38. The molecule has 0 bridgehead atoms. The first kappa shape index (κ1) is 30.5. The number of rotatable bonds is 15. The number of hydrogen-bond acceptors (Lipinski definition) is 6. The van der Waals surface area contributed by atoms with E-state index in [1.807, 2.05) is 20.8 Å². The zero-order chi connectivity index (χ0) is 25.2. The Bertz CT molecular complexity index is 566. The minimum Gasteiger partial charge on any atom is -0.380 e. The largest absolute Gasteiger partial charge is 0.380 e. The second-order valence-corrected chi connectivity index (χ2v) is 11.9. The van der Waals surface area contributed by atoms with E-state index in [-0.39, 0.29) is 38.5 Å². The van der Waals surface area contributed by atoms with Crippen molar-refractivity contribution in [3.05, 3.63) is 0 Å². The first-order chi connectivity index (χ1) is 14.7. The van der Waals surface area contributed by atoms with Crippen LogP contribution in [0, 0.1) is 0 Å². The zero-order valence-electron chi connectivity index (χ0n) is 20.9. The predicted molar refractivity (Wildman–Crippen MR) is 126 cm³/mol. The zero-order valence-corrected chi connectivity index (χ0v) is 21.9.